The van der Waals surface area contributed by atoms with Gasteiger partial charge in [-0.1, -0.05) is 13.8 Å². The second-order valence-electron chi connectivity index (χ2n) is 7.87. The van der Waals surface area contributed by atoms with E-state index < -0.39 is 0 Å². The Labute approximate surface area is 142 Å². The van der Waals surface area contributed by atoms with Gasteiger partial charge in [0.1, 0.15) is 5.82 Å². The first-order valence-corrected chi connectivity index (χ1v) is 9.13. The molecule has 0 aromatic carbocycles. The second-order valence-corrected chi connectivity index (χ2v) is 7.87. The van der Waals surface area contributed by atoms with Crippen molar-refractivity contribution in [3.05, 3.63) is 11.6 Å². The number of urea groups is 1. The van der Waals surface area contributed by atoms with Crippen LogP contribution in [0.2, 0.25) is 0 Å². The lowest BCUT2D eigenvalue weighted by molar-refractivity contribution is 0.151. The number of amides is 2. The van der Waals surface area contributed by atoms with E-state index in [1.165, 1.54) is 0 Å². The van der Waals surface area contributed by atoms with Crippen molar-refractivity contribution in [1.29, 1.82) is 0 Å². The lowest BCUT2D eigenvalue weighted by Gasteiger charge is -2.27. The highest BCUT2D eigenvalue weighted by Crippen LogP contribution is 2.38. The molecule has 132 valence electrons. The van der Waals surface area contributed by atoms with Crippen molar-refractivity contribution in [3.63, 3.8) is 0 Å². The zero-order chi connectivity index (χ0) is 16.7. The van der Waals surface area contributed by atoms with E-state index in [9.17, 15) is 4.79 Å². The number of fused-ring (bicyclic) bond motifs is 1. The van der Waals surface area contributed by atoms with Crippen LogP contribution in [0.4, 0.5) is 4.79 Å². The van der Waals surface area contributed by atoms with E-state index in [-0.39, 0.29) is 23.4 Å². The van der Waals surface area contributed by atoms with Gasteiger partial charge in [-0.2, -0.15) is 0 Å². The van der Waals surface area contributed by atoms with Gasteiger partial charge in [-0.3, -0.25) is 0 Å². The quantitative estimate of drug-likeness (QED) is 0.914. The Bertz CT molecular complexity index is 620. The Balaban J connectivity index is 1.46. The highest BCUT2D eigenvalue weighted by Gasteiger charge is 2.43. The zero-order valence-electron chi connectivity index (χ0n) is 14.6. The molecule has 0 bridgehead atoms. The number of hydrogen-bond donors (Lipinski definition) is 1. The van der Waals surface area contributed by atoms with Gasteiger partial charge >= 0.3 is 6.03 Å². The normalized spacial score (nSPS) is 27.2. The molecule has 0 saturated carbocycles. The number of hydrogen-bond acceptors (Lipinski definition) is 4. The molecule has 1 aromatic heterocycles. The van der Waals surface area contributed by atoms with E-state index in [0.717, 1.165) is 70.2 Å². The summed E-state index contributed by atoms with van der Waals surface area (Å²) in [6, 6.07) is -0.0685. The van der Waals surface area contributed by atoms with Crippen LogP contribution in [0.1, 0.15) is 50.8 Å². The third kappa shape index (κ3) is 2.68. The fourth-order valence-corrected chi connectivity index (χ4v) is 4.24. The molecule has 1 spiro atoms. The van der Waals surface area contributed by atoms with Gasteiger partial charge in [-0.15, -0.1) is 10.2 Å². The molecule has 2 amide bonds. The summed E-state index contributed by atoms with van der Waals surface area (Å²) < 4.78 is 7.74. The second kappa shape index (κ2) is 6.02. The Kier molecular flexibility index (Phi) is 3.98. The highest BCUT2D eigenvalue weighted by molar-refractivity contribution is 5.75. The number of nitrogens with zero attached hydrogens (tertiary/aromatic N) is 4. The third-order valence-electron chi connectivity index (χ3n) is 5.77. The Morgan fingerprint density at radius 3 is 2.92 bits per heavy atom. The average molecular weight is 333 g/mol. The average Bonchev–Trinajstić information content (AvgIpc) is 3.31. The number of rotatable bonds is 3. The molecule has 1 N–H and O–H groups in total. The Morgan fingerprint density at radius 2 is 2.17 bits per heavy atom. The first-order chi connectivity index (χ1) is 11.6. The Morgan fingerprint density at radius 1 is 1.29 bits per heavy atom. The fraction of sp³-hybridized carbons (Fsp3) is 0.824. The van der Waals surface area contributed by atoms with Crippen molar-refractivity contribution in [2.45, 2.75) is 52.1 Å². The molecule has 0 unspecified atom stereocenters. The number of aromatic nitrogens is 3. The molecule has 7 nitrogen and oxygen atoms in total. The minimum absolute atomic E-state index is 0.0211. The van der Waals surface area contributed by atoms with Crippen LogP contribution in [0.15, 0.2) is 0 Å². The molecule has 3 aliphatic heterocycles. The first-order valence-electron chi connectivity index (χ1n) is 9.13. The van der Waals surface area contributed by atoms with E-state index in [0.29, 0.717) is 0 Å². The van der Waals surface area contributed by atoms with Gasteiger partial charge in [0.25, 0.3) is 0 Å². The highest BCUT2D eigenvalue weighted by atomic mass is 16.5. The maximum atomic E-state index is 12.8. The molecular formula is C17H27N5O2. The van der Waals surface area contributed by atoms with Crippen molar-refractivity contribution < 1.29 is 9.53 Å². The molecule has 1 aromatic rings. The summed E-state index contributed by atoms with van der Waals surface area (Å²) in [7, 11) is 0. The van der Waals surface area contributed by atoms with Gasteiger partial charge in [0.15, 0.2) is 5.82 Å². The summed E-state index contributed by atoms with van der Waals surface area (Å²) in [6.45, 7) is 8.45. The number of carbonyl (C=O) groups is 1. The summed E-state index contributed by atoms with van der Waals surface area (Å²) >= 11 is 0. The van der Waals surface area contributed by atoms with E-state index >= 15 is 0 Å². The molecule has 24 heavy (non-hydrogen) atoms. The van der Waals surface area contributed by atoms with Crippen LogP contribution in [-0.2, 0) is 17.7 Å². The van der Waals surface area contributed by atoms with Gasteiger partial charge < -0.3 is 19.5 Å². The molecule has 2 atom stereocenters. The summed E-state index contributed by atoms with van der Waals surface area (Å²) in [5, 5.41) is 11.9. The minimum Gasteiger partial charge on any atom is -0.381 e. The van der Waals surface area contributed by atoms with Crippen molar-refractivity contribution in [1.82, 2.24) is 25.0 Å². The molecule has 4 heterocycles. The number of likely N-dealkylation sites (tertiary alicyclic amines) is 1. The van der Waals surface area contributed by atoms with Crippen molar-refractivity contribution >= 4 is 6.03 Å². The largest absolute Gasteiger partial charge is 0.381 e. The minimum atomic E-state index is -0.0896. The standard InChI is InChI=1S/C17H27N5O2/c1-12(2)14(15-20-19-13-4-3-7-22(13)15)18-16(23)21-8-5-17(10-21)6-9-24-11-17/h12,14H,3-11H2,1-2H3,(H,18,23)/t14-,17-/m1/s1. The van der Waals surface area contributed by atoms with E-state index in [1.54, 1.807) is 0 Å². The van der Waals surface area contributed by atoms with Crippen LogP contribution in [0, 0.1) is 11.3 Å². The van der Waals surface area contributed by atoms with E-state index in [4.69, 9.17) is 4.74 Å². The third-order valence-corrected chi connectivity index (χ3v) is 5.77. The predicted octanol–water partition coefficient (Wildman–Crippen LogP) is 1.74. The topological polar surface area (TPSA) is 72.3 Å². The molecule has 0 aliphatic carbocycles. The van der Waals surface area contributed by atoms with Crippen molar-refractivity contribution in [2.24, 2.45) is 11.3 Å². The summed E-state index contributed by atoms with van der Waals surface area (Å²) in [4.78, 5) is 14.8. The van der Waals surface area contributed by atoms with Crippen LogP contribution in [0.25, 0.3) is 0 Å². The summed E-state index contributed by atoms with van der Waals surface area (Å²) in [5.41, 5.74) is 0.195. The number of aryl methyl sites for hydroxylation is 1. The fourth-order valence-electron chi connectivity index (χ4n) is 4.24. The van der Waals surface area contributed by atoms with E-state index in [1.807, 2.05) is 4.90 Å². The van der Waals surface area contributed by atoms with Gasteiger partial charge in [0, 0.05) is 38.1 Å². The van der Waals surface area contributed by atoms with Crippen LogP contribution >= 0.6 is 0 Å². The summed E-state index contributed by atoms with van der Waals surface area (Å²) in [6.07, 6.45) is 4.22. The maximum absolute atomic E-state index is 12.8. The van der Waals surface area contributed by atoms with E-state index in [2.05, 4.69) is 33.9 Å². The molecule has 2 saturated heterocycles. The summed E-state index contributed by atoms with van der Waals surface area (Å²) in [5.74, 6) is 2.23. The first kappa shape index (κ1) is 15.9. The molecule has 3 aliphatic rings. The van der Waals surface area contributed by atoms with Gasteiger partial charge in [0.2, 0.25) is 0 Å². The van der Waals surface area contributed by atoms with Gasteiger partial charge in [-0.05, 0) is 25.2 Å². The van der Waals surface area contributed by atoms with Crippen LogP contribution in [0.3, 0.4) is 0 Å². The zero-order valence-corrected chi connectivity index (χ0v) is 14.6. The number of carbonyl (C=O) groups excluding carboxylic acids is 1. The molecule has 2 fully saturated rings. The monoisotopic (exact) mass is 333 g/mol. The lowest BCUT2D eigenvalue weighted by Crippen LogP contribution is -2.43. The Hall–Kier alpha value is -1.63. The van der Waals surface area contributed by atoms with Gasteiger partial charge in [0.05, 0.1) is 12.6 Å². The van der Waals surface area contributed by atoms with Gasteiger partial charge in [-0.25, -0.2) is 4.79 Å². The SMILES string of the molecule is CC(C)[C@@H](NC(=O)N1CC[C@@]2(CCOC2)C1)c1nnc2n1CCC2. The smallest absolute Gasteiger partial charge is 0.318 e. The van der Waals surface area contributed by atoms with Crippen LogP contribution in [-0.4, -0.2) is 52.0 Å². The van der Waals surface area contributed by atoms with Crippen molar-refractivity contribution in [3.8, 4) is 0 Å². The van der Waals surface area contributed by atoms with Crippen molar-refractivity contribution in [2.75, 3.05) is 26.3 Å². The molecular weight excluding hydrogens is 306 g/mol. The lowest BCUT2D eigenvalue weighted by atomic mass is 9.87. The van der Waals surface area contributed by atoms with Crippen LogP contribution < -0.4 is 5.32 Å². The number of nitrogens with one attached hydrogen (secondary N) is 1. The number of ether oxygens (including phenoxy) is 1. The predicted molar refractivity (Wildman–Crippen MR) is 88.5 cm³/mol. The molecule has 0 radical (unpaired) electrons. The maximum Gasteiger partial charge on any atom is 0.318 e. The molecule has 7 heteroatoms. The molecule has 4 rings (SSSR count). The van der Waals surface area contributed by atoms with Crippen LogP contribution in [0.5, 0.6) is 0 Å².